The maximum absolute atomic E-state index is 13.9. The van der Waals surface area contributed by atoms with E-state index in [2.05, 4.69) is 39.9 Å². The normalized spacial score (nSPS) is 13.8. The first-order chi connectivity index (χ1) is 9.19. The Balaban J connectivity index is 2.78. The average Bonchev–Trinajstić information content (AvgIpc) is 2.29. The smallest absolute Gasteiger partial charge is 0.127 e. The van der Waals surface area contributed by atoms with Crippen LogP contribution in [0.3, 0.4) is 0 Å². The Bertz CT molecular complexity index is 403. The third-order valence-electron chi connectivity index (χ3n) is 3.28. The summed E-state index contributed by atoms with van der Waals surface area (Å²) in [6.45, 7) is 11.7. The summed E-state index contributed by atoms with van der Waals surface area (Å²) in [6.07, 6.45) is 1.75. The lowest BCUT2D eigenvalue weighted by Crippen LogP contribution is -2.40. The summed E-state index contributed by atoms with van der Waals surface area (Å²) in [6, 6.07) is 4.92. The minimum absolute atomic E-state index is 0.0776. The molecule has 0 saturated carbocycles. The Morgan fingerprint density at radius 1 is 1.25 bits per heavy atom. The molecule has 0 saturated heterocycles. The average molecular weight is 300 g/mol. The van der Waals surface area contributed by atoms with Gasteiger partial charge in [-0.3, -0.25) is 0 Å². The summed E-state index contributed by atoms with van der Waals surface area (Å²) in [5.74, 6) is 0.790. The highest BCUT2D eigenvalue weighted by molar-refractivity contribution is 6.31. The monoisotopic (exact) mass is 299 g/mol. The van der Waals surface area contributed by atoms with E-state index in [9.17, 15) is 4.39 Å². The quantitative estimate of drug-likeness (QED) is 0.773. The first kappa shape index (κ1) is 17.5. The zero-order valence-corrected chi connectivity index (χ0v) is 14.0. The van der Waals surface area contributed by atoms with Crippen LogP contribution >= 0.6 is 11.6 Å². The molecule has 0 heterocycles. The van der Waals surface area contributed by atoms with Crippen LogP contribution in [-0.4, -0.2) is 12.1 Å². The predicted molar refractivity (Wildman–Crippen MR) is 85.8 cm³/mol. The molecule has 114 valence electrons. The van der Waals surface area contributed by atoms with Crippen molar-refractivity contribution in [2.75, 3.05) is 6.54 Å². The number of hydrogen-bond acceptors (Lipinski definition) is 1. The van der Waals surface area contributed by atoms with Crippen molar-refractivity contribution in [3.05, 3.63) is 34.6 Å². The van der Waals surface area contributed by atoms with Crippen LogP contribution in [0.15, 0.2) is 18.2 Å². The van der Waals surface area contributed by atoms with Crippen molar-refractivity contribution in [3.63, 3.8) is 0 Å². The molecule has 0 aliphatic heterocycles. The fourth-order valence-electron chi connectivity index (χ4n) is 2.37. The van der Waals surface area contributed by atoms with Crippen LogP contribution in [0.5, 0.6) is 0 Å². The molecule has 0 bridgehead atoms. The molecule has 1 aromatic carbocycles. The van der Waals surface area contributed by atoms with Gasteiger partial charge in [0.25, 0.3) is 0 Å². The lowest BCUT2D eigenvalue weighted by Gasteiger charge is -2.26. The fourth-order valence-corrected chi connectivity index (χ4v) is 2.61. The number of benzene rings is 1. The molecule has 0 aliphatic carbocycles. The third-order valence-corrected chi connectivity index (χ3v) is 3.63. The van der Waals surface area contributed by atoms with Gasteiger partial charge < -0.3 is 5.32 Å². The topological polar surface area (TPSA) is 12.0 Å². The van der Waals surface area contributed by atoms with Gasteiger partial charge >= 0.3 is 0 Å². The van der Waals surface area contributed by atoms with Gasteiger partial charge in [0.15, 0.2) is 0 Å². The Labute approximate surface area is 127 Å². The first-order valence-corrected chi connectivity index (χ1v) is 7.74. The Morgan fingerprint density at radius 2 is 1.90 bits per heavy atom. The molecule has 1 aromatic rings. The Kier molecular flexibility index (Phi) is 6.47. The molecule has 1 N–H and O–H groups in total. The van der Waals surface area contributed by atoms with Gasteiger partial charge in [0.2, 0.25) is 0 Å². The van der Waals surface area contributed by atoms with E-state index in [-0.39, 0.29) is 11.4 Å². The maximum Gasteiger partial charge on any atom is 0.127 e. The van der Waals surface area contributed by atoms with Crippen molar-refractivity contribution in [3.8, 4) is 0 Å². The molecule has 20 heavy (non-hydrogen) atoms. The summed E-state index contributed by atoms with van der Waals surface area (Å²) in [4.78, 5) is 0. The number of nitrogens with one attached hydrogen (secondary N) is 1. The lowest BCUT2D eigenvalue weighted by atomic mass is 9.90. The van der Waals surface area contributed by atoms with Crippen LogP contribution in [0, 0.1) is 17.7 Å². The van der Waals surface area contributed by atoms with Gasteiger partial charge in [-0.05, 0) is 64.1 Å². The van der Waals surface area contributed by atoms with Crippen molar-refractivity contribution < 1.29 is 4.39 Å². The molecule has 0 spiro atoms. The summed E-state index contributed by atoms with van der Waals surface area (Å²) in [5, 5.41) is 4.06. The van der Waals surface area contributed by atoms with Gasteiger partial charge in [-0.1, -0.05) is 31.5 Å². The van der Waals surface area contributed by atoms with Gasteiger partial charge in [-0.25, -0.2) is 4.39 Å². The van der Waals surface area contributed by atoms with Crippen LogP contribution < -0.4 is 5.32 Å². The fraction of sp³-hybridized carbons (Fsp3) is 0.647. The van der Waals surface area contributed by atoms with Crippen molar-refractivity contribution in [1.29, 1.82) is 0 Å². The van der Waals surface area contributed by atoms with E-state index in [1.165, 1.54) is 6.07 Å². The summed E-state index contributed by atoms with van der Waals surface area (Å²) < 4.78 is 13.9. The molecule has 0 fully saturated rings. The number of halogens is 2. The first-order valence-electron chi connectivity index (χ1n) is 7.37. The van der Waals surface area contributed by atoms with E-state index in [0.29, 0.717) is 28.8 Å². The van der Waals surface area contributed by atoms with Crippen LogP contribution in [0.25, 0.3) is 0 Å². The van der Waals surface area contributed by atoms with Crippen molar-refractivity contribution in [2.45, 2.75) is 53.0 Å². The minimum Gasteiger partial charge on any atom is -0.312 e. The van der Waals surface area contributed by atoms with E-state index < -0.39 is 0 Å². The molecular weight excluding hydrogens is 273 g/mol. The van der Waals surface area contributed by atoms with Crippen LogP contribution in [-0.2, 0) is 6.42 Å². The van der Waals surface area contributed by atoms with Gasteiger partial charge in [0, 0.05) is 16.1 Å². The predicted octanol–water partition coefficient (Wildman–Crippen LogP) is 5.07. The van der Waals surface area contributed by atoms with E-state index in [0.717, 1.165) is 13.0 Å². The van der Waals surface area contributed by atoms with Crippen LogP contribution in [0.1, 0.15) is 46.6 Å². The van der Waals surface area contributed by atoms with Crippen LogP contribution in [0.2, 0.25) is 5.02 Å². The molecule has 1 unspecified atom stereocenters. The Hall–Kier alpha value is -0.600. The summed E-state index contributed by atoms with van der Waals surface area (Å²) in [7, 11) is 0. The second kappa shape index (κ2) is 7.42. The second-order valence-corrected chi connectivity index (χ2v) is 7.44. The van der Waals surface area contributed by atoms with Gasteiger partial charge in [-0.15, -0.1) is 0 Å². The van der Waals surface area contributed by atoms with E-state index in [1.54, 1.807) is 12.1 Å². The standard InChI is InChI=1S/C17H27ClFN/c1-12(2)9-13(11-20-17(3,4)5)10-14-15(18)7-6-8-16(14)19/h6-8,12-13,20H,9-11H2,1-5H3. The molecule has 1 nitrogen and oxygen atoms in total. The number of rotatable bonds is 6. The van der Waals surface area contributed by atoms with Crippen molar-refractivity contribution in [2.24, 2.45) is 11.8 Å². The highest BCUT2D eigenvalue weighted by Gasteiger charge is 2.18. The summed E-state index contributed by atoms with van der Waals surface area (Å²) >= 11 is 6.14. The largest absolute Gasteiger partial charge is 0.312 e. The zero-order valence-electron chi connectivity index (χ0n) is 13.3. The molecule has 0 aliphatic rings. The van der Waals surface area contributed by atoms with E-state index in [1.807, 2.05) is 0 Å². The molecular formula is C17H27ClFN. The second-order valence-electron chi connectivity index (χ2n) is 7.03. The molecule has 0 radical (unpaired) electrons. The van der Waals surface area contributed by atoms with Gasteiger partial charge in [0.05, 0.1) is 0 Å². The minimum atomic E-state index is -0.193. The molecule has 3 heteroatoms. The van der Waals surface area contributed by atoms with Crippen molar-refractivity contribution >= 4 is 11.6 Å². The zero-order chi connectivity index (χ0) is 15.3. The van der Waals surface area contributed by atoms with E-state index in [4.69, 9.17) is 11.6 Å². The van der Waals surface area contributed by atoms with Crippen molar-refractivity contribution in [1.82, 2.24) is 5.32 Å². The van der Waals surface area contributed by atoms with Gasteiger partial charge in [-0.2, -0.15) is 0 Å². The molecule has 1 rings (SSSR count). The van der Waals surface area contributed by atoms with Crippen LogP contribution in [0.4, 0.5) is 4.39 Å². The Morgan fingerprint density at radius 3 is 2.40 bits per heavy atom. The SMILES string of the molecule is CC(C)CC(CNC(C)(C)C)Cc1c(F)cccc1Cl. The molecule has 0 amide bonds. The third kappa shape index (κ3) is 6.23. The molecule has 1 atom stereocenters. The lowest BCUT2D eigenvalue weighted by molar-refractivity contribution is 0.329. The highest BCUT2D eigenvalue weighted by atomic mass is 35.5. The van der Waals surface area contributed by atoms with Gasteiger partial charge in [0.1, 0.15) is 5.82 Å². The summed E-state index contributed by atoms with van der Waals surface area (Å²) in [5.41, 5.74) is 0.726. The highest BCUT2D eigenvalue weighted by Crippen LogP contribution is 2.25. The number of hydrogen-bond donors (Lipinski definition) is 1. The maximum atomic E-state index is 13.9. The van der Waals surface area contributed by atoms with E-state index >= 15 is 0 Å². The molecule has 0 aromatic heterocycles.